The Morgan fingerprint density at radius 3 is 2.59 bits per heavy atom. The molecule has 3 rings (SSSR count). The lowest BCUT2D eigenvalue weighted by Crippen LogP contribution is -2.40. The zero-order valence-electron chi connectivity index (χ0n) is 10.4. The molecule has 0 radical (unpaired) electrons. The number of nitrogens with two attached hydrogens (primary N) is 1. The zero-order valence-corrected chi connectivity index (χ0v) is 10.4. The van der Waals surface area contributed by atoms with E-state index in [0.717, 1.165) is 18.9 Å². The highest BCUT2D eigenvalue weighted by atomic mass is 16.5. The van der Waals surface area contributed by atoms with Gasteiger partial charge in [-0.2, -0.15) is 0 Å². The molecule has 0 aromatic rings. The van der Waals surface area contributed by atoms with Crippen molar-refractivity contribution in [2.45, 2.75) is 63.1 Å². The lowest BCUT2D eigenvalue weighted by atomic mass is 10.1. The Kier molecular flexibility index (Phi) is 3.23. The number of hydrogen-bond acceptors (Lipinski definition) is 2. The topological polar surface area (TPSA) is 59.6 Å². The van der Waals surface area contributed by atoms with Crippen LogP contribution in [0.3, 0.4) is 0 Å². The highest BCUT2D eigenvalue weighted by molar-refractivity contribution is 5.78. The second-order valence-corrected chi connectivity index (χ2v) is 5.67. The summed E-state index contributed by atoms with van der Waals surface area (Å²) in [6.07, 6.45) is 9.13. The molecule has 2 saturated carbocycles. The molecule has 1 heterocycles. The van der Waals surface area contributed by atoms with E-state index < -0.39 is 0 Å². The molecule has 0 bridgehead atoms. The molecule has 2 aliphatic carbocycles. The Labute approximate surface area is 103 Å². The average Bonchev–Trinajstić information content (AvgIpc) is 2.84. The molecule has 4 nitrogen and oxygen atoms in total. The van der Waals surface area contributed by atoms with Crippen LogP contribution in [0.4, 0.5) is 0 Å². The van der Waals surface area contributed by atoms with Crippen molar-refractivity contribution >= 4 is 5.96 Å². The number of aliphatic imine (C=N–C) groups is 1. The van der Waals surface area contributed by atoms with Gasteiger partial charge in [-0.25, -0.2) is 4.99 Å². The standard InChI is InChI=1S/C13H23N3O/c14-13(15-10-3-1-2-4-10)16-11-7-8-17-12(11)9-5-6-9/h9-12H,1-8H2,(H3,14,15,16). The van der Waals surface area contributed by atoms with Gasteiger partial charge in [0.25, 0.3) is 0 Å². The van der Waals surface area contributed by atoms with Crippen molar-refractivity contribution in [2.75, 3.05) is 6.61 Å². The molecule has 17 heavy (non-hydrogen) atoms. The minimum Gasteiger partial charge on any atom is -0.376 e. The van der Waals surface area contributed by atoms with Crippen LogP contribution in [0.5, 0.6) is 0 Å². The molecular formula is C13H23N3O. The summed E-state index contributed by atoms with van der Waals surface area (Å²) in [7, 11) is 0. The van der Waals surface area contributed by atoms with Crippen molar-refractivity contribution in [2.24, 2.45) is 16.6 Å². The van der Waals surface area contributed by atoms with E-state index in [1.807, 2.05) is 0 Å². The van der Waals surface area contributed by atoms with Crippen molar-refractivity contribution in [1.29, 1.82) is 0 Å². The molecule has 3 aliphatic rings. The summed E-state index contributed by atoms with van der Waals surface area (Å²) in [5, 5.41) is 3.36. The van der Waals surface area contributed by atoms with E-state index >= 15 is 0 Å². The van der Waals surface area contributed by atoms with Crippen LogP contribution in [0.1, 0.15) is 44.9 Å². The van der Waals surface area contributed by atoms with Crippen LogP contribution >= 0.6 is 0 Å². The Bertz CT molecular complexity index is 295. The minimum absolute atomic E-state index is 0.302. The number of ether oxygens (including phenoxy) is 1. The maximum Gasteiger partial charge on any atom is 0.189 e. The molecule has 0 amide bonds. The SMILES string of the molecule is NC(=NC1CCOC1C1CC1)NC1CCCC1. The van der Waals surface area contributed by atoms with E-state index in [9.17, 15) is 0 Å². The molecule has 1 saturated heterocycles. The first-order chi connectivity index (χ1) is 8.33. The van der Waals surface area contributed by atoms with Gasteiger partial charge in [0.05, 0.1) is 12.1 Å². The summed E-state index contributed by atoms with van der Waals surface area (Å²) >= 11 is 0. The van der Waals surface area contributed by atoms with Crippen LogP contribution in [-0.4, -0.2) is 30.8 Å². The molecule has 1 aliphatic heterocycles. The van der Waals surface area contributed by atoms with Crippen molar-refractivity contribution in [3.63, 3.8) is 0 Å². The Morgan fingerprint density at radius 2 is 1.88 bits per heavy atom. The number of nitrogens with zero attached hydrogens (tertiary/aromatic N) is 1. The molecule has 2 unspecified atom stereocenters. The first-order valence-corrected chi connectivity index (χ1v) is 7.04. The molecule has 4 heteroatoms. The van der Waals surface area contributed by atoms with E-state index in [0.29, 0.717) is 24.1 Å². The monoisotopic (exact) mass is 237 g/mol. The fraction of sp³-hybridized carbons (Fsp3) is 0.923. The van der Waals surface area contributed by atoms with Gasteiger partial charge in [-0.05, 0) is 38.0 Å². The molecule has 96 valence electrons. The smallest absolute Gasteiger partial charge is 0.189 e. The second-order valence-electron chi connectivity index (χ2n) is 5.67. The van der Waals surface area contributed by atoms with E-state index in [2.05, 4.69) is 10.3 Å². The number of guanidine groups is 1. The van der Waals surface area contributed by atoms with Gasteiger partial charge in [-0.3, -0.25) is 0 Å². The summed E-state index contributed by atoms with van der Waals surface area (Å²) in [5.74, 6) is 1.39. The third-order valence-corrected chi connectivity index (χ3v) is 4.20. The van der Waals surface area contributed by atoms with Crippen molar-refractivity contribution < 1.29 is 4.74 Å². The summed E-state index contributed by atoms with van der Waals surface area (Å²) in [4.78, 5) is 4.64. The third-order valence-electron chi connectivity index (χ3n) is 4.20. The minimum atomic E-state index is 0.302. The molecule has 0 spiro atoms. The quantitative estimate of drug-likeness (QED) is 0.576. The van der Waals surface area contributed by atoms with E-state index in [1.165, 1.54) is 38.5 Å². The Morgan fingerprint density at radius 1 is 1.12 bits per heavy atom. The predicted molar refractivity (Wildman–Crippen MR) is 67.9 cm³/mol. The highest BCUT2D eigenvalue weighted by Crippen LogP contribution is 2.39. The number of nitrogens with one attached hydrogen (secondary N) is 1. The molecule has 2 atom stereocenters. The number of hydrogen-bond donors (Lipinski definition) is 2. The van der Waals surface area contributed by atoms with Crippen LogP contribution in [0, 0.1) is 5.92 Å². The fourth-order valence-corrected chi connectivity index (χ4v) is 3.11. The predicted octanol–water partition coefficient (Wildman–Crippen LogP) is 1.40. The van der Waals surface area contributed by atoms with Crippen molar-refractivity contribution in [3.05, 3.63) is 0 Å². The van der Waals surface area contributed by atoms with Crippen LogP contribution < -0.4 is 11.1 Å². The summed E-state index contributed by atoms with van der Waals surface area (Å²) in [6.45, 7) is 0.853. The van der Waals surface area contributed by atoms with E-state index in [4.69, 9.17) is 10.5 Å². The molecule has 3 fully saturated rings. The normalized spacial score (nSPS) is 35.4. The van der Waals surface area contributed by atoms with E-state index in [-0.39, 0.29) is 0 Å². The molecule has 3 N–H and O–H groups in total. The summed E-state index contributed by atoms with van der Waals surface area (Å²) < 4.78 is 5.77. The van der Waals surface area contributed by atoms with Crippen LogP contribution in [0.2, 0.25) is 0 Å². The molecular weight excluding hydrogens is 214 g/mol. The number of rotatable bonds is 3. The van der Waals surface area contributed by atoms with E-state index in [1.54, 1.807) is 0 Å². The maximum atomic E-state index is 6.00. The van der Waals surface area contributed by atoms with Crippen LogP contribution in [-0.2, 0) is 4.74 Å². The van der Waals surface area contributed by atoms with Crippen molar-refractivity contribution in [3.8, 4) is 0 Å². The molecule has 0 aromatic heterocycles. The first-order valence-electron chi connectivity index (χ1n) is 7.04. The van der Waals surface area contributed by atoms with Gasteiger partial charge in [-0.1, -0.05) is 12.8 Å². The second kappa shape index (κ2) is 4.84. The largest absolute Gasteiger partial charge is 0.376 e. The maximum absolute atomic E-state index is 6.00. The van der Waals surface area contributed by atoms with Gasteiger partial charge in [0.15, 0.2) is 5.96 Å². The van der Waals surface area contributed by atoms with Gasteiger partial charge in [0, 0.05) is 12.6 Å². The average molecular weight is 237 g/mol. The Balaban J connectivity index is 1.55. The van der Waals surface area contributed by atoms with Gasteiger partial charge in [0.1, 0.15) is 0 Å². The van der Waals surface area contributed by atoms with Gasteiger partial charge in [0.2, 0.25) is 0 Å². The Hall–Kier alpha value is -0.770. The highest BCUT2D eigenvalue weighted by Gasteiger charge is 2.40. The fourth-order valence-electron chi connectivity index (χ4n) is 3.11. The van der Waals surface area contributed by atoms with Crippen molar-refractivity contribution in [1.82, 2.24) is 5.32 Å². The van der Waals surface area contributed by atoms with Gasteiger partial charge < -0.3 is 15.8 Å². The van der Waals surface area contributed by atoms with Crippen LogP contribution in [0.15, 0.2) is 4.99 Å². The van der Waals surface area contributed by atoms with Gasteiger partial charge in [-0.15, -0.1) is 0 Å². The summed E-state index contributed by atoms with van der Waals surface area (Å²) in [6, 6.07) is 0.858. The zero-order chi connectivity index (χ0) is 11.7. The first kappa shape index (κ1) is 11.3. The van der Waals surface area contributed by atoms with Crippen LogP contribution in [0.25, 0.3) is 0 Å². The molecule has 0 aromatic carbocycles. The summed E-state index contributed by atoms with van der Waals surface area (Å²) in [5.41, 5.74) is 6.00. The van der Waals surface area contributed by atoms with Gasteiger partial charge >= 0.3 is 0 Å². The lowest BCUT2D eigenvalue weighted by Gasteiger charge is -2.17. The third kappa shape index (κ3) is 2.73. The lowest BCUT2D eigenvalue weighted by molar-refractivity contribution is 0.0875.